The van der Waals surface area contributed by atoms with Crippen LogP contribution in [0.4, 0.5) is 0 Å². The van der Waals surface area contributed by atoms with Gasteiger partial charge >= 0.3 is 5.97 Å². The Morgan fingerprint density at radius 3 is 2.69 bits per heavy atom. The lowest BCUT2D eigenvalue weighted by Crippen LogP contribution is -2.42. The Morgan fingerprint density at radius 1 is 1.15 bits per heavy atom. The number of aromatic hydroxyl groups is 2. The Kier molecular flexibility index (Phi) is 5.12. The van der Waals surface area contributed by atoms with Crippen molar-refractivity contribution in [3.05, 3.63) is 48.0 Å². The largest absolute Gasteiger partial charge is 0.508 e. The van der Waals surface area contributed by atoms with Crippen molar-refractivity contribution in [2.45, 2.75) is 6.10 Å². The van der Waals surface area contributed by atoms with Crippen molar-refractivity contribution in [3.63, 3.8) is 0 Å². The van der Waals surface area contributed by atoms with Crippen LogP contribution in [0.5, 0.6) is 23.0 Å². The summed E-state index contributed by atoms with van der Waals surface area (Å²) in [7, 11) is 0. The lowest BCUT2D eigenvalue weighted by atomic mass is 10.2. The maximum absolute atomic E-state index is 11.8. The van der Waals surface area contributed by atoms with Crippen molar-refractivity contribution in [3.8, 4) is 23.0 Å². The molecule has 26 heavy (non-hydrogen) atoms. The SMILES string of the molecule is O=C(COC(=O)c1ccc(O)cc1O)NC[C@@H]1COc2ccccc2O1. The second-order valence-electron chi connectivity index (χ2n) is 5.58. The Hall–Kier alpha value is -3.42. The number of carbonyl (C=O) groups is 2. The zero-order valence-electron chi connectivity index (χ0n) is 13.7. The van der Waals surface area contributed by atoms with E-state index in [2.05, 4.69) is 5.32 Å². The number of nitrogens with one attached hydrogen (secondary N) is 1. The molecular formula is C18H17NO7. The molecule has 0 saturated carbocycles. The summed E-state index contributed by atoms with van der Waals surface area (Å²) in [6, 6.07) is 10.7. The molecule has 1 atom stereocenters. The van der Waals surface area contributed by atoms with Gasteiger partial charge in [0.25, 0.3) is 5.91 Å². The quantitative estimate of drug-likeness (QED) is 0.688. The number of esters is 1. The van der Waals surface area contributed by atoms with Crippen molar-refractivity contribution in [1.29, 1.82) is 0 Å². The van der Waals surface area contributed by atoms with Gasteiger partial charge in [0, 0.05) is 6.07 Å². The molecule has 2 aromatic carbocycles. The van der Waals surface area contributed by atoms with Crippen LogP contribution in [0.1, 0.15) is 10.4 Å². The molecule has 0 saturated heterocycles. The first-order valence-electron chi connectivity index (χ1n) is 7.87. The van der Waals surface area contributed by atoms with Gasteiger partial charge in [-0.25, -0.2) is 4.79 Å². The molecule has 136 valence electrons. The standard InChI is InChI=1S/C18H17NO7/c20-11-5-6-13(14(21)7-11)18(23)25-10-17(22)19-8-12-9-24-15-3-1-2-4-16(15)26-12/h1-7,12,20-21H,8-10H2,(H,19,22)/t12-/m1/s1. The molecule has 0 fully saturated rings. The first-order valence-corrected chi connectivity index (χ1v) is 7.87. The predicted molar refractivity (Wildman–Crippen MR) is 89.4 cm³/mol. The van der Waals surface area contributed by atoms with E-state index in [1.165, 1.54) is 12.1 Å². The maximum Gasteiger partial charge on any atom is 0.342 e. The minimum atomic E-state index is -0.871. The van der Waals surface area contributed by atoms with Crippen molar-refractivity contribution < 1.29 is 34.0 Å². The van der Waals surface area contributed by atoms with E-state index in [9.17, 15) is 19.8 Å². The lowest BCUT2D eigenvalue weighted by Gasteiger charge is -2.26. The zero-order valence-corrected chi connectivity index (χ0v) is 13.7. The van der Waals surface area contributed by atoms with E-state index in [4.69, 9.17) is 14.2 Å². The van der Waals surface area contributed by atoms with Crippen molar-refractivity contribution >= 4 is 11.9 Å². The molecule has 1 aliphatic heterocycles. The van der Waals surface area contributed by atoms with Gasteiger partial charge in [0.1, 0.15) is 29.8 Å². The van der Waals surface area contributed by atoms with Crippen LogP contribution < -0.4 is 14.8 Å². The number of para-hydroxylation sites is 2. The van der Waals surface area contributed by atoms with E-state index in [1.807, 2.05) is 12.1 Å². The van der Waals surface area contributed by atoms with Gasteiger partial charge in [-0.3, -0.25) is 4.79 Å². The van der Waals surface area contributed by atoms with Crippen LogP contribution in [-0.2, 0) is 9.53 Å². The third-order valence-corrected chi connectivity index (χ3v) is 3.63. The molecule has 1 aliphatic rings. The second kappa shape index (κ2) is 7.64. The number of fused-ring (bicyclic) bond motifs is 1. The summed E-state index contributed by atoms with van der Waals surface area (Å²) in [6.07, 6.45) is -0.356. The lowest BCUT2D eigenvalue weighted by molar-refractivity contribution is -0.124. The van der Waals surface area contributed by atoms with Gasteiger partial charge in [-0.1, -0.05) is 12.1 Å². The third kappa shape index (κ3) is 4.15. The summed E-state index contributed by atoms with van der Waals surface area (Å²) >= 11 is 0. The predicted octanol–water partition coefficient (Wildman–Crippen LogP) is 1.21. The summed E-state index contributed by atoms with van der Waals surface area (Å²) in [4.78, 5) is 23.7. The van der Waals surface area contributed by atoms with Crippen molar-refractivity contribution in [2.24, 2.45) is 0 Å². The number of benzene rings is 2. The first kappa shape index (κ1) is 17.4. The highest BCUT2D eigenvalue weighted by molar-refractivity contribution is 5.94. The van der Waals surface area contributed by atoms with Gasteiger partial charge in [0.2, 0.25) is 0 Å². The van der Waals surface area contributed by atoms with Gasteiger partial charge in [-0.2, -0.15) is 0 Å². The molecule has 3 rings (SSSR count). The normalized spacial score (nSPS) is 15.2. The summed E-state index contributed by atoms with van der Waals surface area (Å²) < 4.78 is 16.1. The summed E-state index contributed by atoms with van der Waals surface area (Å²) in [5.74, 6) is -0.747. The number of hydrogen-bond acceptors (Lipinski definition) is 7. The maximum atomic E-state index is 11.8. The molecule has 1 heterocycles. The smallest absolute Gasteiger partial charge is 0.342 e. The number of carbonyl (C=O) groups excluding carboxylic acids is 2. The number of amides is 1. The molecule has 0 bridgehead atoms. The van der Waals surface area contributed by atoms with Gasteiger partial charge in [-0.15, -0.1) is 0 Å². The molecule has 0 radical (unpaired) electrons. The second-order valence-corrected chi connectivity index (χ2v) is 5.58. The number of ether oxygens (including phenoxy) is 3. The number of phenols is 2. The monoisotopic (exact) mass is 359 g/mol. The molecule has 3 N–H and O–H groups in total. The molecule has 0 spiro atoms. The van der Waals surface area contributed by atoms with Crippen LogP contribution in [-0.4, -0.2) is 48.0 Å². The van der Waals surface area contributed by atoms with Gasteiger partial charge in [0.05, 0.1) is 6.54 Å². The number of rotatable bonds is 5. The van der Waals surface area contributed by atoms with Gasteiger partial charge in [-0.05, 0) is 24.3 Å². The highest BCUT2D eigenvalue weighted by atomic mass is 16.6. The van der Waals surface area contributed by atoms with Crippen LogP contribution in [0, 0.1) is 0 Å². The van der Waals surface area contributed by atoms with Gasteiger partial charge < -0.3 is 29.7 Å². The fraction of sp³-hybridized carbons (Fsp3) is 0.222. The van der Waals surface area contributed by atoms with E-state index < -0.39 is 24.2 Å². The number of hydrogen-bond donors (Lipinski definition) is 3. The Morgan fingerprint density at radius 2 is 1.92 bits per heavy atom. The molecule has 0 aromatic heterocycles. The molecule has 0 unspecified atom stereocenters. The minimum Gasteiger partial charge on any atom is -0.508 e. The Balaban J connectivity index is 1.44. The molecular weight excluding hydrogens is 342 g/mol. The Labute approximate surface area is 148 Å². The average Bonchev–Trinajstić information content (AvgIpc) is 2.64. The molecule has 1 amide bonds. The highest BCUT2D eigenvalue weighted by Gasteiger charge is 2.21. The molecule has 2 aromatic rings. The van der Waals surface area contributed by atoms with E-state index in [0.717, 1.165) is 6.07 Å². The average molecular weight is 359 g/mol. The Bertz CT molecular complexity index is 821. The fourth-order valence-electron chi connectivity index (χ4n) is 2.34. The van der Waals surface area contributed by atoms with Crippen molar-refractivity contribution in [2.75, 3.05) is 19.8 Å². The zero-order chi connectivity index (χ0) is 18.5. The summed E-state index contributed by atoms with van der Waals surface area (Å²) in [6.45, 7) is -0.0308. The van der Waals surface area contributed by atoms with Crippen molar-refractivity contribution in [1.82, 2.24) is 5.32 Å². The topological polar surface area (TPSA) is 114 Å². The minimum absolute atomic E-state index is 0.142. The van der Waals surface area contributed by atoms with Gasteiger partial charge in [0.15, 0.2) is 18.1 Å². The summed E-state index contributed by atoms with van der Waals surface area (Å²) in [5.41, 5.74) is -0.142. The van der Waals surface area contributed by atoms with Crippen LogP contribution >= 0.6 is 0 Å². The molecule has 8 heteroatoms. The van der Waals surface area contributed by atoms with E-state index in [-0.39, 0.29) is 24.0 Å². The molecule has 8 nitrogen and oxygen atoms in total. The van der Waals surface area contributed by atoms with Crippen LogP contribution in [0.15, 0.2) is 42.5 Å². The van der Waals surface area contributed by atoms with E-state index >= 15 is 0 Å². The fourth-order valence-corrected chi connectivity index (χ4v) is 2.34. The van der Waals surface area contributed by atoms with Crippen LogP contribution in [0.2, 0.25) is 0 Å². The van der Waals surface area contributed by atoms with E-state index in [1.54, 1.807) is 12.1 Å². The van der Waals surface area contributed by atoms with Crippen LogP contribution in [0.3, 0.4) is 0 Å². The first-order chi connectivity index (χ1) is 12.5. The summed E-state index contributed by atoms with van der Waals surface area (Å²) in [5, 5.41) is 21.4. The highest BCUT2D eigenvalue weighted by Crippen LogP contribution is 2.30. The van der Waals surface area contributed by atoms with E-state index in [0.29, 0.717) is 18.1 Å². The third-order valence-electron chi connectivity index (χ3n) is 3.63. The number of phenolic OH excluding ortho intramolecular Hbond substituents is 2. The molecule has 0 aliphatic carbocycles. The van der Waals surface area contributed by atoms with Crippen LogP contribution in [0.25, 0.3) is 0 Å².